The number of hydrogen-bond donors (Lipinski definition) is 1. The van der Waals surface area contributed by atoms with Crippen molar-refractivity contribution in [2.75, 3.05) is 0 Å². The summed E-state index contributed by atoms with van der Waals surface area (Å²) in [5, 5.41) is 9.13. The molecule has 1 aliphatic rings. The maximum absolute atomic E-state index is 13.3. The number of alkyl halides is 3. The highest BCUT2D eigenvalue weighted by Gasteiger charge is 2.39. The van der Waals surface area contributed by atoms with Gasteiger partial charge in [0.2, 0.25) is 0 Å². The van der Waals surface area contributed by atoms with Gasteiger partial charge in [0.1, 0.15) is 5.82 Å². The van der Waals surface area contributed by atoms with Crippen LogP contribution < -0.4 is 5.46 Å². The quantitative estimate of drug-likeness (QED) is 0.523. The molecule has 0 fully saturated rings. The lowest BCUT2D eigenvalue weighted by Crippen LogP contribution is -2.29. The standard InChI is InChI=1S/C8H5BF4O2/c10-7-4-3-15-9(14)6(4)2-1-5(7)8(11,12)13/h1-2,14H,3H2. The molecule has 0 amide bonds. The maximum atomic E-state index is 13.3. The molecule has 1 aliphatic heterocycles. The topological polar surface area (TPSA) is 29.5 Å². The second kappa shape index (κ2) is 3.21. The Kier molecular flexibility index (Phi) is 2.24. The van der Waals surface area contributed by atoms with E-state index in [0.717, 1.165) is 6.07 Å². The zero-order valence-electron chi connectivity index (χ0n) is 7.31. The van der Waals surface area contributed by atoms with E-state index in [9.17, 15) is 17.6 Å². The molecule has 0 aromatic heterocycles. The van der Waals surface area contributed by atoms with Crippen LogP contribution in [0, 0.1) is 5.82 Å². The molecule has 7 heteroatoms. The minimum absolute atomic E-state index is 0.0560. The van der Waals surface area contributed by atoms with Gasteiger partial charge in [-0.15, -0.1) is 0 Å². The van der Waals surface area contributed by atoms with E-state index in [1.807, 2.05) is 0 Å². The van der Waals surface area contributed by atoms with Gasteiger partial charge < -0.3 is 9.68 Å². The van der Waals surface area contributed by atoms with Crippen molar-refractivity contribution in [2.45, 2.75) is 12.8 Å². The molecule has 0 aliphatic carbocycles. The smallest absolute Gasteiger partial charge is 0.423 e. The van der Waals surface area contributed by atoms with Crippen LogP contribution in [0.1, 0.15) is 11.1 Å². The third-order valence-electron chi connectivity index (χ3n) is 2.24. The fourth-order valence-electron chi connectivity index (χ4n) is 1.49. The van der Waals surface area contributed by atoms with Gasteiger partial charge in [0.15, 0.2) is 0 Å². The summed E-state index contributed by atoms with van der Waals surface area (Å²) in [5.41, 5.74) is -1.50. The van der Waals surface area contributed by atoms with E-state index in [1.165, 1.54) is 0 Å². The number of rotatable bonds is 0. The maximum Gasteiger partial charge on any atom is 0.491 e. The van der Waals surface area contributed by atoms with Gasteiger partial charge in [0.05, 0.1) is 12.2 Å². The van der Waals surface area contributed by atoms with Crippen LogP contribution in [0.4, 0.5) is 17.6 Å². The van der Waals surface area contributed by atoms with E-state index >= 15 is 0 Å². The molecule has 0 atom stereocenters. The van der Waals surface area contributed by atoms with Crippen molar-refractivity contribution in [3.63, 3.8) is 0 Å². The number of benzene rings is 1. The van der Waals surface area contributed by atoms with Crippen LogP contribution in [0.25, 0.3) is 0 Å². The van der Waals surface area contributed by atoms with Gasteiger partial charge >= 0.3 is 13.3 Å². The first-order valence-corrected chi connectivity index (χ1v) is 4.09. The lowest BCUT2D eigenvalue weighted by atomic mass is 9.79. The molecule has 1 aromatic carbocycles. The second-order valence-corrected chi connectivity index (χ2v) is 3.16. The van der Waals surface area contributed by atoms with Gasteiger partial charge in [-0.1, -0.05) is 6.07 Å². The molecule has 0 spiro atoms. The Morgan fingerprint density at radius 3 is 2.60 bits per heavy atom. The molecule has 80 valence electrons. The molecule has 15 heavy (non-hydrogen) atoms. The van der Waals surface area contributed by atoms with Crippen molar-refractivity contribution in [3.05, 3.63) is 29.1 Å². The van der Waals surface area contributed by atoms with Gasteiger partial charge in [-0.2, -0.15) is 13.2 Å². The normalized spacial score (nSPS) is 15.7. The first-order chi connectivity index (χ1) is 6.91. The summed E-state index contributed by atoms with van der Waals surface area (Å²) >= 11 is 0. The Hall–Kier alpha value is -1.08. The van der Waals surface area contributed by atoms with Gasteiger partial charge in [0, 0.05) is 5.56 Å². The highest BCUT2D eigenvalue weighted by molar-refractivity contribution is 6.61. The third kappa shape index (κ3) is 1.61. The molecular formula is C8H5BF4O2. The summed E-state index contributed by atoms with van der Waals surface area (Å²) in [5.74, 6) is -1.36. The minimum Gasteiger partial charge on any atom is -0.423 e. The molecular weight excluding hydrogens is 215 g/mol. The summed E-state index contributed by atoms with van der Waals surface area (Å²) in [6.07, 6.45) is -4.73. The predicted molar refractivity (Wildman–Crippen MR) is 43.8 cm³/mol. The summed E-state index contributed by atoms with van der Waals surface area (Å²) in [4.78, 5) is 0. The molecule has 0 bridgehead atoms. The van der Waals surface area contributed by atoms with Crippen LogP contribution in [0.15, 0.2) is 12.1 Å². The average Bonchev–Trinajstić information content (AvgIpc) is 2.47. The second-order valence-electron chi connectivity index (χ2n) is 3.16. The highest BCUT2D eigenvalue weighted by atomic mass is 19.4. The first-order valence-electron chi connectivity index (χ1n) is 4.09. The lowest BCUT2D eigenvalue weighted by molar-refractivity contribution is -0.140. The molecule has 0 radical (unpaired) electrons. The van der Waals surface area contributed by atoms with Gasteiger partial charge in [-0.25, -0.2) is 4.39 Å². The first kappa shape index (κ1) is 10.4. The van der Waals surface area contributed by atoms with Crippen LogP contribution in [-0.2, 0) is 17.4 Å². The van der Waals surface area contributed by atoms with E-state index in [4.69, 9.17) is 5.02 Å². The molecule has 2 nitrogen and oxygen atoms in total. The van der Waals surface area contributed by atoms with Crippen molar-refractivity contribution < 1.29 is 27.2 Å². The summed E-state index contributed by atoms with van der Waals surface area (Å²) in [7, 11) is -1.34. The molecule has 2 rings (SSSR count). The Morgan fingerprint density at radius 1 is 1.33 bits per heavy atom. The Labute approximate surface area is 82.6 Å². The van der Waals surface area contributed by atoms with Crippen molar-refractivity contribution in [1.82, 2.24) is 0 Å². The van der Waals surface area contributed by atoms with E-state index < -0.39 is 24.7 Å². The van der Waals surface area contributed by atoms with Gasteiger partial charge in [-0.3, -0.25) is 0 Å². The molecule has 1 heterocycles. The fourth-order valence-corrected chi connectivity index (χ4v) is 1.49. The summed E-state index contributed by atoms with van der Waals surface area (Å²) in [6.45, 7) is -0.341. The summed E-state index contributed by atoms with van der Waals surface area (Å²) < 4.78 is 54.8. The molecule has 1 aromatic rings. The van der Waals surface area contributed by atoms with Crippen LogP contribution in [-0.4, -0.2) is 12.1 Å². The molecule has 0 unspecified atom stereocenters. The molecule has 0 saturated heterocycles. The third-order valence-corrected chi connectivity index (χ3v) is 2.24. The molecule has 0 saturated carbocycles. The van der Waals surface area contributed by atoms with E-state index in [2.05, 4.69) is 4.65 Å². The zero-order valence-corrected chi connectivity index (χ0v) is 7.31. The Morgan fingerprint density at radius 2 is 2.00 bits per heavy atom. The van der Waals surface area contributed by atoms with E-state index in [1.54, 1.807) is 0 Å². The van der Waals surface area contributed by atoms with Gasteiger partial charge in [0.25, 0.3) is 0 Å². The van der Waals surface area contributed by atoms with Crippen LogP contribution in [0.5, 0.6) is 0 Å². The van der Waals surface area contributed by atoms with Crippen LogP contribution >= 0.6 is 0 Å². The van der Waals surface area contributed by atoms with Crippen molar-refractivity contribution in [3.8, 4) is 0 Å². The number of fused-ring (bicyclic) bond motifs is 1. The van der Waals surface area contributed by atoms with Crippen LogP contribution in [0.2, 0.25) is 0 Å². The summed E-state index contributed by atoms with van der Waals surface area (Å²) in [6, 6.07) is 1.63. The zero-order chi connectivity index (χ0) is 11.2. The highest BCUT2D eigenvalue weighted by Crippen LogP contribution is 2.32. The molecule has 1 N–H and O–H groups in total. The lowest BCUT2D eigenvalue weighted by Gasteiger charge is -2.10. The minimum atomic E-state index is -4.73. The van der Waals surface area contributed by atoms with Crippen molar-refractivity contribution in [1.29, 1.82) is 0 Å². The van der Waals surface area contributed by atoms with Gasteiger partial charge in [-0.05, 0) is 11.5 Å². The average molecular weight is 220 g/mol. The monoisotopic (exact) mass is 220 g/mol. The largest absolute Gasteiger partial charge is 0.491 e. The fraction of sp³-hybridized carbons (Fsp3) is 0.250. The van der Waals surface area contributed by atoms with Crippen molar-refractivity contribution in [2.24, 2.45) is 0 Å². The Bertz CT molecular complexity index is 404. The Balaban J connectivity index is 2.56. The number of hydrogen-bond acceptors (Lipinski definition) is 2. The van der Waals surface area contributed by atoms with Crippen molar-refractivity contribution >= 4 is 12.6 Å². The van der Waals surface area contributed by atoms with E-state index in [-0.39, 0.29) is 17.6 Å². The van der Waals surface area contributed by atoms with Crippen LogP contribution in [0.3, 0.4) is 0 Å². The SMILES string of the molecule is OB1OCc2c1ccc(C(F)(F)F)c2F. The predicted octanol–water partition coefficient (Wildman–Crippen LogP) is 1.06. The van der Waals surface area contributed by atoms with E-state index in [0.29, 0.717) is 6.07 Å². The number of halogens is 4.